The molecule has 5 heteroatoms. The molecule has 0 saturated carbocycles. The molecule has 0 radical (unpaired) electrons. The molecular formula is C24H27N3O2. The lowest BCUT2D eigenvalue weighted by atomic mass is 10.1. The van der Waals surface area contributed by atoms with Crippen molar-refractivity contribution in [1.29, 1.82) is 0 Å². The number of aromatic nitrogens is 2. The zero-order valence-electron chi connectivity index (χ0n) is 17.2. The first-order valence-electron chi connectivity index (χ1n) is 10.0. The second-order valence-electron chi connectivity index (χ2n) is 7.16. The second kappa shape index (κ2) is 9.32. The molecule has 1 unspecified atom stereocenters. The number of carbonyl (C=O) groups is 1. The Balaban J connectivity index is 1.95. The first kappa shape index (κ1) is 20.5. The molecule has 1 amide bonds. The van der Waals surface area contributed by atoms with Gasteiger partial charge in [0.15, 0.2) is 0 Å². The highest BCUT2D eigenvalue weighted by atomic mass is 16.2. The molecule has 5 nitrogen and oxygen atoms in total. The molecule has 3 rings (SSSR count). The van der Waals surface area contributed by atoms with E-state index in [1.807, 2.05) is 61.5 Å². The van der Waals surface area contributed by atoms with Crippen LogP contribution in [0.3, 0.4) is 0 Å². The van der Waals surface area contributed by atoms with Crippen LogP contribution in [0.15, 0.2) is 65.5 Å². The number of fused-ring (bicyclic) bond motifs is 1. The Morgan fingerprint density at radius 2 is 1.83 bits per heavy atom. The van der Waals surface area contributed by atoms with Crippen molar-refractivity contribution >= 4 is 22.9 Å². The van der Waals surface area contributed by atoms with Crippen molar-refractivity contribution < 1.29 is 4.79 Å². The van der Waals surface area contributed by atoms with Gasteiger partial charge in [0.25, 0.3) is 5.56 Å². The summed E-state index contributed by atoms with van der Waals surface area (Å²) in [5.74, 6) is 0.503. The molecule has 3 aromatic rings. The molecule has 0 spiro atoms. The Morgan fingerprint density at radius 1 is 1.14 bits per heavy atom. The molecule has 0 saturated heterocycles. The van der Waals surface area contributed by atoms with Gasteiger partial charge in [0, 0.05) is 19.7 Å². The van der Waals surface area contributed by atoms with E-state index in [1.165, 1.54) is 0 Å². The quantitative estimate of drug-likeness (QED) is 0.565. The summed E-state index contributed by atoms with van der Waals surface area (Å²) in [6, 6.07) is 16.7. The number of amides is 1. The van der Waals surface area contributed by atoms with E-state index >= 15 is 0 Å². The molecule has 0 aliphatic rings. The average Bonchev–Trinajstić information content (AvgIpc) is 2.75. The van der Waals surface area contributed by atoms with Gasteiger partial charge in [0.05, 0.1) is 16.9 Å². The maximum Gasteiger partial charge on any atom is 0.261 e. The standard InChI is InChI=1S/C24H27N3O2/c1-4-5-17-27(22(28)16-15-19-11-7-6-8-12-19)18(2)23-25-21-14-10-9-13-20(21)24(29)26(23)3/h6-16,18H,4-5,17H2,1-3H3/b16-15+. The highest BCUT2D eigenvalue weighted by Crippen LogP contribution is 2.21. The summed E-state index contributed by atoms with van der Waals surface area (Å²) in [6.07, 6.45) is 5.28. The number of rotatable bonds is 7. The fraction of sp³-hybridized carbons (Fsp3) is 0.292. The van der Waals surface area contributed by atoms with Crippen molar-refractivity contribution in [1.82, 2.24) is 14.5 Å². The molecule has 2 aromatic carbocycles. The van der Waals surface area contributed by atoms with Crippen LogP contribution in [0.4, 0.5) is 0 Å². The zero-order chi connectivity index (χ0) is 20.8. The molecule has 0 N–H and O–H groups in total. The molecule has 0 aliphatic carbocycles. The predicted molar refractivity (Wildman–Crippen MR) is 117 cm³/mol. The lowest BCUT2D eigenvalue weighted by molar-refractivity contribution is -0.128. The normalized spacial score (nSPS) is 12.4. The molecule has 29 heavy (non-hydrogen) atoms. The van der Waals surface area contributed by atoms with Gasteiger partial charge in [-0.3, -0.25) is 14.2 Å². The minimum absolute atomic E-state index is 0.0859. The van der Waals surface area contributed by atoms with Crippen LogP contribution >= 0.6 is 0 Å². The number of benzene rings is 2. The maximum atomic E-state index is 13.0. The van der Waals surface area contributed by atoms with Crippen LogP contribution in [-0.2, 0) is 11.8 Å². The van der Waals surface area contributed by atoms with E-state index < -0.39 is 0 Å². The monoisotopic (exact) mass is 389 g/mol. The Kier molecular flexibility index (Phi) is 6.60. The first-order chi connectivity index (χ1) is 14.0. The van der Waals surface area contributed by atoms with Crippen molar-refractivity contribution in [3.8, 4) is 0 Å². The van der Waals surface area contributed by atoms with Crippen LogP contribution in [0.25, 0.3) is 17.0 Å². The fourth-order valence-corrected chi connectivity index (χ4v) is 3.40. The number of hydrogen-bond donors (Lipinski definition) is 0. The zero-order valence-corrected chi connectivity index (χ0v) is 17.2. The number of unbranched alkanes of at least 4 members (excludes halogenated alkanes) is 1. The van der Waals surface area contributed by atoms with E-state index in [1.54, 1.807) is 28.7 Å². The van der Waals surface area contributed by atoms with Crippen LogP contribution in [-0.4, -0.2) is 26.9 Å². The maximum absolute atomic E-state index is 13.0. The van der Waals surface area contributed by atoms with Gasteiger partial charge in [-0.1, -0.05) is 55.8 Å². The van der Waals surface area contributed by atoms with Crippen LogP contribution in [0.2, 0.25) is 0 Å². The Morgan fingerprint density at radius 3 is 2.55 bits per heavy atom. The molecule has 1 atom stereocenters. The van der Waals surface area contributed by atoms with Gasteiger partial charge in [-0.2, -0.15) is 0 Å². The van der Waals surface area contributed by atoms with Gasteiger partial charge in [-0.25, -0.2) is 4.98 Å². The minimum atomic E-state index is -0.322. The fourth-order valence-electron chi connectivity index (χ4n) is 3.40. The summed E-state index contributed by atoms with van der Waals surface area (Å²) in [5.41, 5.74) is 1.53. The first-order valence-corrected chi connectivity index (χ1v) is 10.0. The molecule has 0 aliphatic heterocycles. The van der Waals surface area contributed by atoms with Gasteiger partial charge < -0.3 is 4.90 Å². The van der Waals surface area contributed by atoms with Crippen molar-refractivity contribution in [2.45, 2.75) is 32.7 Å². The van der Waals surface area contributed by atoms with Crippen molar-refractivity contribution in [3.05, 3.63) is 82.4 Å². The Labute approximate surface area is 171 Å². The Hall–Kier alpha value is -3.21. The van der Waals surface area contributed by atoms with E-state index in [4.69, 9.17) is 4.98 Å². The number of nitrogens with zero attached hydrogens (tertiary/aromatic N) is 3. The van der Waals surface area contributed by atoms with Gasteiger partial charge >= 0.3 is 0 Å². The molecule has 150 valence electrons. The summed E-state index contributed by atoms with van der Waals surface area (Å²) in [4.78, 5) is 32.3. The molecule has 0 fully saturated rings. The lowest BCUT2D eigenvalue weighted by Gasteiger charge is -2.29. The SMILES string of the molecule is CCCCN(C(=O)/C=C/c1ccccc1)C(C)c1nc2ccccc2c(=O)n1C. The third kappa shape index (κ3) is 4.62. The van der Waals surface area contributed by atoms with E-state index in [0.29, 0.717) is 23.3 Å². The molecule has 1 heterocycles. The highest BCUT2D eigenvalue weighted by Gasteiger charge is 2.23. The van der Waals surface area contributed by atoms with E-state index in [-0.39, 0.29) is 17.5 Å². The summed E-state index contributed by atoms with van der Waals surface area (Å²) in [7, 11) is 1.72. The summed E-state index contributed by atoms with van der Waals surface area (Å²) in [6.45, 7) is 4.63. The summed E-state index contributed by atoms with van der Waals surface area (Å²) < 4.78 is 1.56. The van der Waals surface area contributed by atoms with Gasteiger partial charge in [-0.15, -0.1) is 0 Å². The smallest absolute Gasteiger partial charge is 0.261 e. The van der Waals surface area contributed by atoms with Crippen LogP contribution < -0.4 is 5.56 Å². The van der Waals surface area contributed by atoms with E-state index in [2.05, 4.69) is 6.92 Å². The van der Waals surface area contributed by atoms with E-state index in [0.717, 1.165) is 18.4 Å². The number of carbonyl (C=O) groups excluding carboxylic acids is 1. The van der Waals surface area contributed by atoms with Crippen molar-refractivity contribution in [2.75, 3.05) is 6.54 Å². The predicted octanol–water partition coefficient (Wildman–Crippen LogP) is 4.34. The van der Waals surface area contributed by atoms with Gasteiger partial charge in [0.1, 0.15) is 5.82 Å². The Bertz CT molecular complexity index is 1070. The summed E-state index contributed by atoms with van der Waals surface area (Å²) in [5, 5.41) is 0.585. The molecule has 0 bridgehead atoms. The van der Waals surface area contributed by atoms with E-state index in [9.17, 15) is 9.59 Å². The minimum Gasteiger partial charge on any atom is -0.329 e. The average molecular weight is 389 g/mol. The third-order valence-electron chi connectivity index (χ3n) is 5.11. The van der Waals surface area contributed by atoms with Crippen molar-refractivity contribution in [3.63, 3.8) is 0 Å². The third-order valence-corrected chi connectivity index (χ3v) is 5.11. The molecular weight excluding hydrogens is 362 g/mol. The number of hydrogen-bond acceptors (Lipinski definition) is 3. The molecule has 1 aromatic heterocycles. The second-order valence-corrected chi connectivity index (χ2v) is 7.16. The largest absolute Gasteiger partial charge is 0.329 e. The summed E-state index contributed by atoms with van der Waals surface area (Å²) >= 11 is 0. The number of para-hydroxylation sites is 1. The lowest BCUT2D eigenvalue weighted by Crippen LogP contribution is -2.37. The van der Waals surface area contributed by atoms with Crippen molar-refractivity contribution in [2.24, 2.45) is 7.05 Å². The van der Waals surface area contributed by atoms with Crippen LogP contribution in [0, 0.1) is 0 Å². The topological polar surface area (TPSA) is 55.2 Å². The highest BCUT2D eigenvalue weighted by molar-refractivity contribution is 5.92. The van der Waals surface area contributed by atoms with Crippen LogP contribution in [0.1, 0.15) is 44.1 Å². The van der Waals surface area contributed by atoms with Crippen LogP contribution in [0.5, 0.6) is 0 Å². The van der Waals surface area contributed by atoms with Gasteiger partial charge in [0.2, 0.25) is 5.91 Å². The van der Waals surface area contributed by atoms with Gasteiger partial charge in [-0.05, 0) is 37.1 Å².